The van der Waals surface area contributed by atoms with Gasteiger partial charge in [-0.15, -0.1) is 12.4 Å². The Balaban J connectivity index is 0.00000400. The summed E-state index contributed by atoms with van der Waals surface area (Å²) in [5.41, 5.74) is 1.67. The summed E-state index contributed by atoms with van der Waals surface area (Å²) < 4.78 is 28.6. The predicted octanol–water partition coefficient (Wildman–Crippen LogP) is 3.35. The van der Waals surface area contributed by atoms with Gasteiger partial charge in [-0.05, 0) is 73.8 Å². The molecule has 0 aliphatic carbocycles. The molecule has 38 heavy (non-hydrogen) atoms. The minimum Gasteiger partial charge on any atom is -0.354 e. The summed E-state index contributed by atoms with van der Waals surface area (Å²) in [5, 5.41) is 8.76. The van der Waals surface area contributed by atoms with E-state index >= 15 is 0 Å². The van der Waals surface area contributed by atoms with E-state index in [4.69, 9.17) is 0 Å². The lowest BCUT2D eigenvalue weighted by atomic mass is 9.98. The number of sulfonamides is 1. The second-order valence-corrected chi connectivity index (χ2v) is 10.9. The molecule has 202 valence electrons. The van der Waals surface area contributed by atoms with Gasteiger partial charge in [0.25, 0.3) is 15.9 Å². The Hall–Kier alpha value is -3.40. The van der Waals surface area contributed by atoms with Crippen LogP contribution in [-0.2, 0) is 21.4 Å². The van der Waals surface area contributed by atoms with Crippen LogP contribution in [0.25, 0.3) is 0 Å². The number of nitrogens with one attached hydrogen (secondary N) is 3. The van der Waals surface area contributed by atoms with Gasteiger partial charge in [-0.25, -0.2) is 8.42 Å². The zero-order valence-corrected chi connectivity index (χ0v) is 22.6. The molecule has 1 aliphatic rings. The highest BCUT2D eigenvalue weighted by atomic mass is 35.5. The van der Waals surface area contributed by atoms with E-state index in [1.165, 1.54) is 28.6 Å². The van der Waals surface area contributed by atoms with E-state index in [1.54, 1.807) is 24.3 Å². The fraction of sp³-hybridized carbons (Fsp3) is 0.286. The van der Waals surface area contributed by atoms with Crippen LogP contribution in [0.5, 0.6) is 0 Å². The first-order valence-corrected chi connectivity index (χ1v) is 13.8. The largest absolute Gasteiger partial charge is 0.354 e. The van der Waals surface area contributed by atoms with Crippen molar-refractivity contribution in [3.05, 3.63) is 96.1 Å². The Morgan fingerprint density at radius 1 is 0.842 bits per heavy atom. The number of halogens is 1. The molecule has 4 rings (SSSR count). The van der Waals surface area contributed by atoms with Crippen LogP contribution in [0.4, 0.5) is 5.69 Å². The quantitative estimate of drug-likeness (QED) is 0.355. The maximum atomic E-state index is 13.6. The number of nitrogens with zero attached hydrogens (tertiary/aromatic N) is 1. The monoisotopic (exact) mass is 556 g/mol. The second-order valence-electron chi connectivity index (χ2n) is 9.04. The van der Waals surface area contributed by atoms with Crippen LogP contribution in [0.15, 0.2) is 89.8 Å². The van der Waals surface area contributed by atoms with Crippen LogP contribution in [0, 0.1) is 5.92 Å². The minimum absolute atomic E-state index is 0. The molecule has 8 nitrogen and oxygen atoms in total. The molecular formula is C28H33ClN4O4S. The Bertz CT molecular complexity index is 1280. The molecule has 1 heterocycles. The predicted molar refractivity (Wildman–Crippen MR) is 151 cm³/mol. The van der Waals surface area contributed by atoms with Crippen LogP contribution >= 0.6 is 12.4 Å². The van der Waals surface area contributed by atoms with Crippen molar-refractivity contribution in [3.8, 4) is 0 Å². The lowest BCUT2D eigenvalue weighted by molar-refractivity contribution is -0.120. The van der Waals surface area contributed by atoms with E-state index in [1.807, 2.05) is 36.4 Å². The molecule has 0 spiro atoms. The third kappa shape index (κ3) is 7.80. The molecule has 1 fully saturated rings. The molecule has 0 bridgehead atoms. The van der Waals surface area contributed by atoms with Gasteiger partial charge in [0.1, 0.15) is 0 Å². The van der Waals surface area contributed by atoms with Crippen molar-refractivity contribution in [1.29, 1.82) is 0 Å². The number of rotatable bonds is 10. The minimum atomic E-state index is -3.91. The molecule has 1 aliphatic heterocycles. The first-order chi connectivity index (χ1) is 17.9. The molecule has 10 heteroatoms. The molecule has 3 aromatic carbocycles. The van der Waals surface area contributed by atoms with E-state index in [9.17, 15) is 18.0 Å². The molecular weight excluding hydrogens is 524 g/mol. The Morgan fingerprint density at radius 3 is 2.08 bits per heavy atom. The van der Waals surface area contributed by atoms with Crippen molar-refractivity contribution in [2.45, 2.75) is 24.3 Å². The summed E-state index contributed by atoms with van der Waals surface area (Å²) in [5.74, 6) is -0.233. The summed E-state index contributed by atoms with van der Waals surface area (Å²) in [6.45, 7) is 2.55. The highest BCUT2D eigenvalue weighted by Crippen LogP contribution is 2.26. The average molecular weight is 557 g/mol. The number of amides is 2. The zero-order valence-electron chi connectivity index (χ0n) is 21.0. The normalized spacial score (nSPS) is 13.7. The molecule has 0 aromatic heterocycles. The zero-order chi connectivity index (χ0) is 26.1. The van der Waals surface area contributed by atoms with Gasteiger partial charge in [-0.2, -0.15) is 0 Å². The van der Waals surface area contributed by atoms with Crippen molar-refractivity contribution in [2.24, 2.45) is 5.92 Å². The Morgan fingerprint density at radius 2 is 1.45 bits per heavy atom. The first kappa shape index (κ1) is 29.2. The van der Waals surface area contributed by atoms with Crippen molar-refractivity contribution in [2.75, 3.05) is 30.5 Å². The Labute approximate surface area is 230 Å². The smallest absolute Gasteiger partial charge is 0.264 e. The number of benzene rings is 3. The van der Waals surface area contributed by atoms with Gasteiger partial charge < -0.3 is 16.0 Å². The summed E-state index contributed by atoms with van der Waals surface area (Å²) in [6.07, 6.45) is 2.05. The standard InChI is InChI=1S/C28H32N4O4S.ClH/c33-27(30-19-22-15-17-29-18-16-22)20-31-28(34)24-11-13-26(14-12-24)37(35,36)32(25-9-5-2-6-10-25)21-23-7-3-1-4-8-23;/h1-14,22,29H,15-21H2,(H,30,33)(H,31,34);1H. The van der Waals surface area contributed by atoms with Gasteiger partial charge in [-0.1, -0.05) is 48.5 Å². The Kier molecular flexibility index (Phi) is 10.7. The van der Waals surface area contributed by atoms with Crippen LogP contribution in [0.1, 0.15) is 28.8 Å². The maximum absolute atomic E-state index is 13.6. The SMILES string of the molecule is Cl.O=C(CNC(=O)c1ccc(S(=O)(=O)N(Cc2ccccc2)c2ccccc2)cc1)NCC1CCNCC1. The van der Waals surface area contributed by atoms with E-state index in [2.05, 4.69) is 16.0 Å². The average Bonchev–Trinajstić information content (AvgIpc) is 2.95. The third-order valence-corrected chi connectivity index (χ3v) is 8.16. The van der Waals surface area contributed by atoms with Crippen molar-refractivity contribution in [1.82, 2.24) is 16.0 Å². The second kappa shape index (κ2) is 13.9. The number of anilines is 1. The summed E-state index contributed by atoms with van der Waals surface area (Å²) in [6, 6.07) is 24.0. The molecule has 0 saturated carbocycles. The lowest BCUT2D eigenvalue weighted by Gasteiger charge is -2.25. The molecule has 2 amide bonds. The topological polar surface area (TPSA) is 108 Å². The molecule has 3 aromatic rings. The number of carbonyl (C=O) groups excluding carboxylic acids is 2. The van der Waals surface area contributed by atoms with Crippen molar-refractivity contribution < 1.29 is 18.0 Å². The van der Waals surface area contributed by atoms with Gasteiger partial charge in [-0.3, -0.25) is 13.9 Å². The number of para-hydroxylation sites is 1. The van der Waals surface area contributed by atoms with Gasteiger partial charge in [0.15, 0.2) is 0 Å². The molecule has 0 unspecified atom stereocenters. The third-order valence-electron chi connectivity index (χ3n) is 6.37. The summed E-state index contributed by atoms with van der Waals surface area (Å²) in [7, 11) is -3.91. The van der Waals surface area contributed by atoms with Crippen LogP contribution in [-0.4, -0.2) is 46.4 Å². The number of carbonyl (C=O) groups is 2. The van der Waals surface area contributed by atoms with E-state index in [-0.39, 0.29) is 41.9 Å². The first-order valence-electron chi connectivity index (χ1n) is 12.4. The highest BCUT2D eigenvalue weighted by Gasteiger charge is 2.25. The van der Waals surface area contributed by atoms with E-state index in [0.29, 0.717) is 18.2 Å². The van der Waals surface area contributed by atoms with Gasteiger partial charge in [0, 0.05) is 12.1 Å². The van der Waals surface area contributed by atoms with E-state index in [0.717, 1.165) is 31.5 Å². The molecule has 3 N–H and O–H groups in total. The number of piperidine rings is 1. The fourth-order valence-electron chi connectivity index (χ4n) is 4.23. The van der Waals surface area contributed by atoms with Gasteiger partial charge >= 0.3 is 0 Å². The van der Waals surface area contributed by atoms with E-state index < -0.39 is 15.9 Å². The van der Waals surface area contributed by atoms with Gasteiger partial charge in [0.2, 0.25) is 5.91 Å². The molecule has 0 atom stereocenters. The van der Waals surface area contributed by atoms with Crippen molar-refractivity contribution >= 4 is 39.9 Å². The van der Waals surface area contributed by atoms with Gasteiger partial charge in [0.05, 0.1) is 23.7 Å². The summed E-state index contributed by atoms with van der Waals surface area (Å²) >= 11 is 0. The van der Waals surface area contributed by atoms with Crippen LogP contribution < -0.4 is 20.3 Å². The van der Waals surface area contributed by atoms with Crippen LogP contribution in [0.3, 0.4) is 0 Å². The molecule has 0 radical (unpaired) electrons. The highest BCUT2D eigenvalue weighted by molar-refractivity contribution is 7.92. The maximum Gasteiger partial charge on any atom is 0.264 e. The fourth-order valence-corrected chi connectivity index (χ4v) is 5.69. The van der Waals surface area contributed by atoms with Crippen LogP contribution in [0.2, 0.25) is 0 Å². The number of hydrogen-bond acceptors (Lipinski definition) is 5. The lowest BCUT2D eigenvalue weighted by Crippen LogP contribution is -2.40. The number of hydrogen-bond donors (Lipinski definition) is 3. The summed E-state index contributed by atoms with van der Waals surface area (Å²) in [4.78, 5) is 24.8. The molecule has 1 saturated heterocycles. The van der Waals surface area contributed by atoms with Crippen molar-refractivity contribution in [3.63, 3.8) is 0 Å².